The van der Waals surface area contributed by atoms with Crippen molar-refractivity contribution >= 4 is 17.6 Å². The second-order valence-electron chi connectivity index (χ2n) is 4.12. The van der Waals surface area contributed by atoms with Gasteiger partial charge < -0.3 is 20.3 Å². The summed E-state index contributed by atoms with van der Waals surface area (Å²) in [5.41, 5.74) is 6.03. The first kappa shape index (κ1) is 11.7. The number of nitrogens with two attached hydrogens (primary N) is 1. The van der Waals surface area contributed by atoms with Gasteiger partial charge in [-0.3, -0.25) is 5.10 Å². The van der Waals surface area contributed by atoms with Crippen LogP contribution in [0.5, 0.6) is 0 Å². The third kappa shape index (κ3) is 2.19. The molecule has 94 valence electrons. The molecule has 17 heavy (non-hydrogen) atoms. The van der Waals surface area contributed by atoms with Crippen LogP contribution in [0.25, 0.3) is 0 Å². The molecule has 1 aliphatic heterocycles. The molecule has 7 heteroatoms. The number of aromatic amines is 1. The average Bonchev–Trinajstić information content (AvgIpc) is 2.71. The third-order valence-electron chi connectivity index (χ3n) is 2.97. The second kappa shape index (κ2) is 4.62. The Morgan fingerprint density at radius 3 is 2.65 bits per heavy atom. The predicted octanol–water partition coefficient (Wildman–Crippen LogP) is -0.470. The molecular formula is C10H17N5O2. The van der Waals surface area contributed by atoms with Crippen molar-refractivity contribution in [1.82, 2.24) is 15.1 Å². The Hall–Kier alpha value is -1.76. The summed E-state index contributed by atoms with van der Waals surface area (Å²) in [6, 6.07) is 0. The van der Waals surface area contributed by atoms with E-state index in [0.29, 0.717) is 11.4 Å². The first-order valence-corrected chi connectivity index (χ1v) is 5.49. The number of hydrogen-bond donors (Lipinski definition) is 2. The number of nitrogens with zero attached hydrogens (tertiary/aromatic N) is 3. The maximum atomic E-state index is 11.6. The Bertz CT molecular complexity index is 409. The fourth-order valence-electron chi connectivity index (χ4n) is 1.90. The highest BCUT2D eigenvalue weighted by Gasteiger charge is 2.25. The van der Waals surface area contributed by atoms with E-state index in [0.717, 1.165) is 26.2 Å². The van der Waals surface area contributed by atoms with Crippen LogP contribution in [0.4, 0.5) is 11.6 Å². The number of nitrogen functional groups attached to an aromatic ring is 1. The molecule has 1 aromatic heterocycles. The van der Waals surface area contributed by atoms with Gasteiger partial charge in [0, 0.05) is 26.2 Å². The van der Waals surface area contributed by atoms with Crippen molar-refractivity contribution in [1.29, 1.82) is 0 Å². The fourth-order valence-corrected chi connectivity index (χ4v) is 1.90. The van der Waals surface area contributed by atoms with Crippen molar-refractivity contribution in [3.63, 3.8) is 0 Å². The van der Waals surface area contributed by atoms with Gasteiger partial charge >= 0.3 is 5.97 Å². The van der Waals surface area contributed by atoms with Crippen molar-refractivity contribution in [2.45, 2.75) is 0 Å². The van der Waals surface area contributed by atoms with Crippen molar-refractivity contribution < 1.29 is 9.53 Å². The quantitative estimate of drug-likeness (QED) is 0.678. The minimum atomic E-state index is -0.454. The van der Waals surface area contributed by atoms with E-state index in [9.17, 15) is 4.79 Å². The molecule has 0 bridgehead atoms. The summed E-state index contributed by atoms with van der Waals surface area (Å²) in [4.78, 5) is 15.9. The Kier molecular flexibility index (Phi) is 3.19. The van der Waals surface area contributed by atoms with Crippen LogP contribution in [0.2, 0.25) is 0 Å². The van der Waals surface area contributed by atoms with Gasteiger partial charge in [-0.15, -0.1) is 0 Å². The number of carbonyl (C=O) groups excluding carboxylic acids is 1. The maximum Gasteiger partial charge on any atom is 0.345 e. The molecule has 0 unspecified atom stereocenters. The fraction of sp³-hybridized carbons (Fsp3) is 0.600. The molecule has 0 atom stereocenters. The lowest BCUT2D eigenvalue weighted by Gasteiger charge is -2.32. The predicted molar refractivity (Wildman–Crippen MR) is 64.0 cm³/mol. The van der Waals surface area contributed by atoms with Crippen LogP contribution in [0.15, 0.2) is 0 Å². The Morgan fingerprint density at radius 2 is 2.06 bits per heavy atom. The van der Waals surface area contributed by atoms with Crippen molar-refractivity contribution in [2.24, 2.45) is 0 Å². The number of H-pyrrole nitrogens is 1. The average molecular weight is 239 g/mol. The molecule has 3 N–H and O–H groups in total. The highest BCUT2D eigenvalue weighted by atomic mass is 16.5. The number of esters is 1. The molecule has 1 saturated heterocycles. The number of nitrogens with one attached hydrogen (secondary N) is 1. The zero-order valence-corrected chi connectivity index (χ0v) is 10.1. The SMILES string of the molecule is COC(=O)c1c(N2CCN(C)CC2)n[nH]c1N. The standard InChI is InChI=1S/C10H17N5O2/c1-14-3-5-15(6-4-14)9-7(10(16)17-2)8(11)12-13-9/h3-6H2,1-2H3,(H3,11,12,13). The van der Waals surface area contributed by atoms with E-state index < -0.39 is 5.97 Å². The molecule has 7 nitrogen and oxygen atoms in total. The molecule has 0 spiro atoms. The first-order chi connectivity index (χ1) is 8.13. The molecule has 0 radical (unpaired) electrons. The molecule has 1 aromatic rings. The Labute approximate surface area is 99.5 Å². The topological polar surface area (TPSA) is 87.5 Å². The van der Waals surface area contributed by atoms with Gasteiger partial charge in [0.25, 0.3) is 0 Å². The number of methoxy groups -OCH3 is 1. The van der Waals surface area contributed by atoms with Crippen molar-refractivity contribution in [2.75, 3.05) is 51.0 Å². The molecule has 0 saturated carbocycles. The number of hydrogen-bond acceptors (Lipinski definition) is 6. The highest BCUT2D eigenvalue weighted by Crippen LogP contribution is 2.24. The van der Waals surface area contributed by atoms with Crippen molar-refractivity contribution in [3.05, 3.63) is 5.56 Å². The molecule has 2 rings (SSSR count). The zero-order valence-electron chi connectivity index (χ0n) is 10.1. The van der Waals surface area contributed by atoms with Gasteiger partial charge in [-0.2, -0.15) is 5.10 Å². The molecule has 0 aromatic carbocycles. The number of piperazine rings is 1. The normalized spacial score (nSPS) is 17.2. The lowest BCUT2D eigenvalue weighted by Crippen LogP contribution is -2.45. The summed E-state index contributed by atoms with van der Waals surface area (Å²) in [5.74, 6) is 0.387. The molecular weight excluding hydrogens is 222 g/mol. The van der Waals surface area contributed by atoms with Gasteiger partial charge in [0.1, 0.15) is 11.4 Å². The van der Waals surface area contributed by atoms with Crippen LogP contribution >= 0.6 is 0 Å². The lowest BCUT2D eigenvalue weighted by atomic mass is 10.2. The number of aromatic nitrogens is 2. The second-order valence-corrected chi connectivity index (χ2v) is 4.12. The molecule has 2 heterocycles. The largest absolute Gasteiger partial charge is 0.465 e. The van der Waals surface area contributed by atoms with Crippen LogP contribution < -0.4 is 10.6 Å². The van der Waals surface area contributed by atoms with Crippen LogP contribution in [0, 0.1) is 0 Å². The van der Waals surface area contributed by atoms with E-state index in [-0.39, 0.29) is 5.82 Å². The van der Waals surface area contributed by atoms with E-state index in [2.05, 4.69) is 22.1 Å². The monoisotopic (exact) mass is 239 g/mol. The zero-order chi connectivity index (χ0) is 12.4. The minimum absolute atomic E-state index is 0.255. The van der Waals surface area contributed by atoms with Crippen LogP contribution in [0.3, 0.4) is 0 Å². The van der Waals surface area contributed by atoms with Gasteiger partial charge in [-0.05, 0) is 7.05 Å². The summed E-state index contributed by atoms with van der Waals surface area (Å²) in [6.07, 6.45) is 0. The summed E-state index contributed by atoms with van der Waals surface area (Å²) in [5, 5.41) is 6.72. The highest BCUT2D eigenvalue weighted by molar-refractivity contribution is 5.99. The lowest BCUT2D eigenvalue weighted by molar-refractivity contribution is 0.0602. The smallest absolute Gasteiger partial charge is 0.345 e. The molecule has 0 aliphatic carbocycles. The number of rotatable bonds is 2. The van der Waals surface area contributed by atoms with Crippen LogP contribution in [-0.4, -0.2) is 61.4 Å². The van der Waals surface area contributed by atoms with Gasteiger partial charge in [0.15, 0.2) is 5.82 Å². The molecule has 0 amide bonds. The van der Waals surface area contributed by atoms with Gasteiger partial charge in [-0.1, -0.05) is 0 Å². The number of likely N-dealkylation sites (N-methyl/N-ethyl adjacent to an activating group) is 1. The number of anilines is 2. The summed E-state index contributed by atoms with van der Waals surface area (Å²) >= 11 is 0. The van der Waals surface area contributed by atoms with E-state index >= 15 is 0 Å². The van der Waals surface area contributed by atoms with Crippen molar-refractivity contribution in [3.8, 4) is 0 Å². The number of carbonyl (C=O) groups is 1. The Morgan fingerprint density at radius 1 is 1.41 bits per heavy atom. The first-order valence-electron chi connectivity index (χ1n) is 5.49. The van der Waals surface area contributed by atoms with Gasteiger partial charge in [0.2, 0.25) is 0 Å². The summed E-state index contributed by atoms with van der Waals surface area (Å²) in [7, 11) is 3.40. The van der Waals surface area contributed by atoms with E-state index in [1.54, 1.807) is 0 Å². The van der Waals surface area contributed by atoms with E-state index in [1.165, 1.54) is 7.11 Å². The Balaban J connectivity index is 2.23. The third-order valence-corrected chi connectivity index (χ3v) is 2.97. The summed E-state index contributed by atoms with van der Waals surface area (Å²) in [6.45, 7) is 3.52. The minimum Gasteiger partial charge on any atom is -0.465 e. The van der Waals surface area contributed by atoms with Gasteiger partial charge in [-0.25, -0.2) is 4.79 Å². The van der Waals surface area contributed by atoms with Gasteiger partial charge in [0.05, 0.1) is 7.11 Å². The maximum absolute atomic E-state index is 11.6. The van der Waals surface area contributed by atoms with E-state index in [1.807, 2.05) is 4.90 Å². The van der Waals surface area contributed by atoms with Crippen LogP contribution in [0.1, 0.15) is 10.4 Å². The summed E-state index contributed by atoms with van der Waals surface area (Å²) < 4.78 is 4.71. The molecule has 1 fully saturated rings. The number of ether oxygens (including phenoxy) is 1. The molecule has 1 aliphatic rings. The van der Waals surface area contributed by atoms with E-state index in [4.69, 9.17) is 10.5 Å². The van der Waals surface area contributed by atoms with Crippen LogP contribution in [-0.2, 0) is 4.74 Å².